The molecule has 0 radical (unpaired) electrons. The number of benzene rings is 1. The van der Waals surface area contributed by atoms with Crippen LogP contribution in [0.5, 0.6) is 0 Å². The maximum Gasteiger partial charge on any atom is 0.0552 e. The van der Waals surface area contributed by atoms with Crippen LogP contribution in [0.4, 0.5) is 0 Å². The lowest BCUT2D eigenvalue weighted by atomic mass is 9.93. The Kier molecular flexibility index (Phi) is 4.91. The van der Waals surface area contributed by atoms with Gasteiger partial charge in [0.15, 0.2) is 0 Å². The molecule has 1 aliphatic rings. The number of piperidine rings is 1. The molecule has 0 aliphatic carbocycles. The summed E-state index contributed by atoms with van der Waals surface area (Å²) in [5.74, 6) is 0.372. The Morgan fingerprint density at radius 1 is 1.44 bits per heavy atom. The van der Waals surface area contributed by atoms with Crippen molar-refractivity contribution in [3.8, 4) is 0 Å². The third-order valence-electron chi connectivity index (χ3n) is 3.63. The number of rotatable bonds is 3. The molecule has 1 N–H and O–H groups in total. The minimum absolute atomic E-state index is 0.234. The van der Waals surface area contributed by atoms with Crippen molar-refractivity contribution in [1.29, 1.82) is 0 Å². The summed E-state index contributed by atoms with van der Waals surface area (Å²) in [4.78, 5) is 2.35. The molecule has 1 heterocycles. The SMILES string of the molecule is CC(O)C1CCCN(Cc2cc(Cl)ccc2Cl)C1. The van der Waals surface area contributed by atoms with Crippen LogP contribution >= 0.6 is 23.2 Å². The number of halogens is 2. The lowest BCUT2D eigenvalue weighted by Crippen LogP contribution is -2.39. The van der Waals surface area contributed by atoms with Gasteiger partial charge in [-0.15, -0.1) is 0 Å². The summed E-state index contributed by atoms with van der Waals surface area (Å²) in [6, 6.07) is 5.58. The fraction of sp³-hybridized carbons (Fsp3) is 0.571. The number of aliphatic hydroxyl groups excluding tert-OH is 1. The Balaban J connectivity index is 2.02. The second-order valence-electron chi connectivity index (χ2n) is 5.11. The third kappa shape index (κ3) is 3.61. The van der Waals surface area contributed by atoms with Crippen molar-refractivity contribution < 1.29 is 5.11 Å². The van der Waals surface area contributed by atoms with E-state index in [1.807, 2.05) is 25.1 Å². The summed E-state index contributed by atoms with van der Waals surface area (Å²) in [6.45, 7) is 4.68. The quantitative estimate of drug-likeness (QED) is 0.919. The van der Waals surface area contributed by atoms with E-state index in [2.05, 4.69) is 4.90 Å². The molecule has 1 aliphatic heterocycles. The van der Waals surface area contributed by atoms with Crippen LogP contribution in [-0.4, -0.2) is 29.2 Å². The highest BCUT2D eigenvalue weighted by molar-refractivity contribution is 6.33. The molecule has 0 aromatic heterocycles. The minimum atomic E-state index is -0.234. The summed E-state index contributed by atoms with van der Waals surface area (Å²) < 4.78 is 0. The van der Waals surface area contributed by atoms with Crippen molar-refractivity contribution in [1.82, 2.24) is 4.90 Å². The van der Waals surface area contributed by atoms with Gasteiger partial charge in [0.25, 0.3) is 0 Å². The topological polar surface area (TPSA) is 23.5 Å². The highest BCUT2D eigenvalue weighted by atomic mass is 35.5. The van der Waals surface area contributed by atoms with Crippen LogP contribution in [0.3, 0.4) is 0 Å². The molecule has 0 spiro atoms. The second-order valence-corrected chi connectivity index (χ2v) is 5.96. The first-order valence-corrected chi connectivity index (χ1v) is 7.16. The summed E-state index contributed by atoms with van der Waals surface area (Å²) in [5.41, 5.74) is 1.07. The molecule has 0 saturated carbocycles. The number of hydrogen-bond acceptors (Lipinski definition) is 2. The molecule has 100 valence electrons. The van der Waals surface area contributed by atoms with Crippen molar-refractivity contribution in [3.63, 3.8) is 0 Å². The Labute approximate surface area is 119 Å². The van der Waals surface area contributed by atoms with Crippen LogP contribution in [-0.2, 0) is 6.54 Å². The van der Waals surface area contributed by atoms with Gasteiger partial charge in [0.2, 0.25) is 0 Å². The van der Waals surface area contributed by atoms with Gasteiger partial charge < -0.3 is 5.11 Å². The minimum Gasteiger partial charge on any atom is -0.393 e. The lowest BCUT2D eigenvalue weighted by molar-refractivity contribution is 0.0599. The number of likely N-dealkylation sites (tertiary alicyclic amines) is 1. The molecule has 0 bridgehead atoms. The van der Waals surface area contributed by atoms with E-state index >= 15 is 0 Å². The molecule has 1 aromatic rings. The van der Waals surface area contributed by atoms with Gasteiger partial charge in [-0.2, -0.15) is 0 Å². The predicted molar refractivity (Wildman–Crippen MR) is 76.1 cm³/mol. The number of nitrogens with zero attached hydrogens (tertiary/aromatic N) is 1. The van der Waals surface area contributed by atoms with Crippen LogP contribution in [0.1, 0.15) is 25.3 Å². The first-order valence-electron chi connectivity index (χ1n) is 6.40. The first kappa shape index (κ1) is 14.1. The number of aliphatic hydroxyl groups is 1. The normalized spacial score (nSPS) is 23.0. The van der Waals surface area contributed by atoms with Crippen LogP contribution in [0.15, 0.2) is 18.2 Å². The van der Waals surface area contributed by atoms with E-state index in [9.17, 15) is 5.11 Å². The highest BCUT2D eigenvalue weighted by Gasteiger charge is 2.23. The molecule has 1 saturated heterocycles. The smallest absolute Gasteiger partial charge is 0.0552 e. The largest absolute Gasteiger partial charge is 0.393 e. The Bertz CT molecular complexity index is 409. The summed E-state index contributed by atoms with van der Waals surface area (Å²) in [7, 11) is 0. The fourth-order valence-corrected chi connectivity index (χ4v) is 2.91. The molecule has 1 aromatic carbocycles. The molecule has 2 unspecified atom stereocenters. The van der Waals surface area contributed by atoms with E-state index in [0.717, 1.165) is 48.1 Å². The predicted octanol–water partition coefficient (Wildman–Crippen LogP) is 3.59. The van der Waals surface area contributed by atoms with Gasteiger partial charge in [-0.1, -0.05) is 23.2 Å². The van der Waals surface area contributed by atoms with Gasteiger partial charge in [0.05, 0.1) is 6.10 Å². The molecule has 2 atom stereocenters. The van der Waals surface area contributed by atoms with Crippen molar-refractivity contribution >= 4 is 23.2 Å². The van der Waals surface area contributed by atoms with E-state index in [-0.39, 0.29) is 6.10 Å². The zero-order valence-corrected chi connectivity index (χ0v) is 12.1. The standard InChI is InChI=1S/C14H19Cl2NO/c1-10(18)11-3-2-6-17(8-11)9-12-7-13(15)4-5-14(12)16/h4-5,7,10-11,18H,2-3,6,8-9H2,1H3. The van der Waals surface area contributed by atoms with Crippen molar-refractivity contribution in [2.75, 3.05) is 13.1 Å². The van der Waals surface area contributed by atoms with E-state index in [4.69, 9.17) is 23.2 Å². The van der Waals surface area contributed by atoms with Crippen molar-refractivity contribution in [2.45, 2.75) is 32.4 Å². The fourth-order valence-electron chi connectivity index (χ4n) is 2.53. The van der Waals surface area contributed by atoms with E-state index in [0.29, 0.717) is 5.92 Å². The van der Waals surface area contributed by atoms with Gasteiger partial charge in [-0.05, 0) is 56.0 Å². The van der Waals surface area contributed by atoms with Crippen LogP contribution in [0.2, 0.25) is 10.0 Å². The van der Waals surface area contributed by atoms with Gasteiger partial charge in [-0.25, -0.2) is 0 Å². The average molecular weight is 288 g/mol. The molecule has 4 heteroatoms. The first-order chi connectivity index (χ1) is 8.56. The molecule has 1 fully saturated rings. The lowest BCUT2D eigenvalue weighted by Gasteiger charge is -2.34. The van der Waals surface area contributed by atoms with Crippen LogP contribution in [0, 0.1) is 5.92 Å². The van der Waals surface area contributed by atoms with E-state index in [1.165, 1.54) is 0 Å². The van der Waals surface area contributed by atoms with Gasteiger partial charge >= 0.3 is 0 Å². The van der Waals surface area contributed by atoms with Crippen LogP contribution in [0.25, 0.3) is 0 Å². The van der Waals surface area contributed by atoms with Gasteiger partial charge in [0.1, 0.15) is 0 Å². The zero-order valence-electron chi connectivity index (χ0n) is 10.6. The molecule has 2 nitrogen and oxygen atoms in total. The van der Waals surface area contributed by atoms with Gasteiger partial charge in [0, 0.05) is 23.1 Å². The molecule has 18 heavy (non-hydrogen) atoms. The maximum atomic E-state index is 9.69. The molecular formula is C14H19Cl2NO. The van der Waals surface area contributed by atoms with Crippen molar-refractivity contribution in [3.05, 3.63) is 33.8 Å². The average Bonchev–Trinajstić information content (AvgIpc) is 2.34. The Morgan fingerprint density at radius 3 is 2.94 bits per heavy atom. The Hall–Kier alpha value is -0.280. The van der Waals surface area contributed by atoms with E-state index in [1.54, 1.807) is 0 Å². The highest BCUT2D eigenvalue weighted by Crippen LogP contribution is 2.25. The molecular weight excluding hydrogens is 269 g/mol. The van der Waals surface area contributed by atoms with Crippen molar-refractivity contribution in [2.24, 2.45) is 5.92 Å². The summed E-state index contributed by atoms with van der Waals surface area (Å²) in [5, 5.41) is 11.2. The maximum absolute atomic E-state index is 9.69. The second kappa shape index (κ2) is 6.25. The Morgan fingerprint density at radius 2 is 2.22 bits per heavy atom. The summed E-state index contributed by atoms with van der Waals surface area (Å²) in [6.07, 6.45) is 2.01. The monoisotopic (exact) mass is 287 g/mol. The van der Waals surface area contributed by atoms with Gasteiger partial charge in [-0.3, -0.25) is 4.90 Å². The third-order valence-corrected chi connectivity index (χ3v) is 4.23. The molecule has 0 amide bonds. The zero-order chi connectivity index (χ0) is 13.1. The van der Waals surface area contributed by atoms with Crippen LogP contribution < -0.4 is 0 Å². The number of hydrogen-bond donors (Lipinski definition) is 1. The summed E-state index contributed by atoms with van der Waals surface area (Å²) >= 11 is 12.2. The molecule has 2 rings (SSSR count). The van der Waals surface area contributed by atoms with E-state index < -0.39 is 0 Å².